The first-order chi connectivity index (χ1) is 12.6. The Morgan fingerprint density at radius 2 is 2.04 bits per heavy atom. The van der Waals surface area contributed by atoms with Crippen LogP contribution in [0.4, 0.5) is 0 Å². The highest BCUT2D eigenvalue weighted by Gasteiger charge is 2.28. The smallest absolute Gasteiger partial charge is 0.276 e. The van der Waals surface area contributed by atoms with Crippen molar-refractivity contribution < 1.29 is 4.79 Å². The molecule has 4 rings (SSSR count). The second-order valence-electron chi connectivity index (χ2n) is 7.44. The van der Waals surface area contributed by atoms with Gasteiger partial charge in [-0.05, 0) is 42.5 Å². The van der Waals surface area contributed by atoms with E-state index in [0.29, 0.717) is 23.0 Å². The van der Waals surface area contributed by atoms with Crippen molar-refractivity contribution in [2.75, 3.05) is 0 Å². The number of nitrogens with zero attached hydrogens (tertiary/aromatic N) is 3. The quantitative estimate of drug-likeness (QED) is 0.788. The number of amides is 1. The predicted octanol–water partition coefficient (Wildman–Crippen LogP) is 2.59. The molecule has 3 aromatic rings. The average Bonchev–Trinajstić information content (AvgIpc) is 3.13. The monoisotopic (exact) mass is 352 g/mol. The molecule has 1 fully saturated rings. The Bertz CT molecular complexity index is 1020. The molecular weight excluding hydrogens is 328 g/mol. The molecule has 1 amide bonds. The van der Waals surface area contributed by atoms with Gasteiger partial charge in [-0.25, -0.2) is 4.98 Å². The molecule has 0 bridgehead atoms. The van der Waals surface area contributed by atoms with Gasteiger partial charge in [-0.2, -0.15) is 0 Å². The van der Waals surface area contributed by atoms with Crippen molar-refractivity contribution in [2.45, 2.75) is 45.7 Å². The van der Waals surface area contributed by atoms with Gasteiger partial charge in [0, 0.05) is 18.4 Å². The average molecular weight is 352 g/mol. The number of carbonyl (C=O) groups is 1. The molecule has 0 unspecified atom stereocenters. The van der Waals surface area contributed by atoms with Crippen molar-refractivity contribution in [3.05, 3.63) is 47.0 Å². The zero-order valence-corrected chi connectivity index (χ0v) is 15.2. The molecule has 0 aliphatic heterocycles. The maximum atomic E-state index is 12.9. The Morgan fingerprint density at radius 1 is 1.23 bits per heavy atom. The van der Waals surface area contributed by atoms with Crippen molar-refractivity contribution in [1.29, 1.82) is 0 Å². The summed E-state index contributed by atoms with van der Waals surface area (Å²) in [5.74, 6) is 0.935. The second kappa shape index (κ2) is 6.59. The number of hydrogen-bond donors (Lipinski definition) is 1. The third-order valence-electron chi connectivity index (χ3n) is 5.85. The van der Waals surface area contributed by atoms with E-state index in [-0.39, 0.29) is 24.1 Å². The van der Waals surface area contributed by atoms with Gasteiger partial charge in [0.25, 0.3) is 5.56 Å². The molecule has 6 heteroatoms. The Kier molecular flexibility index (Phi) is 4.26. The zero-order valence-electron chi connectivity index (χ0n) is 15.2. The van der Waals surface area contributed by atoms with Crippen LogP contribution in [-0.2, 0) is 11.3 Å². The van der Waals surface area contributed by atoms with E-state index < -0.39 is 0 Å². The van der Waals surface area contributed by atoms with E-state index in [0.717, 1.165) is 18.4 Å². The minimum Gasteiger partial charge on any atom is -0.352 e. The van der Waals surface area contributed by atoms with E-state index in [9.17, 15) is 9.59 Å². The minimum atomic E-state index is -0.193. The fraction of sp³-hybridized carbons (Fsp3) is 0.450. The van der Waals surface area contributed by atoms with Crippen molar-refractivity contribution >= 4 is 22.6 Å². The van der Waals surface area contributed by atoms with Gasteiger partial charge in [-0.1, -0.05) is 26.7 Å². The lowest BCUT2D eigenvalue weighted by Crippen LogP contribution is -2.45. The Labute approximate surface area is 151 Å². The molecule has 3 aromatic heterocycles. The molecule has 1 N–H and O–H groups in total. The number of nitrogens with one attached hydrogen (secondary N) is 1. The standard InChI is InChI=1S/C20H24N4O2/c1-13-6-3-7-15(14(13)2)22-18(25)12-24-19-16(8-4-10-21-19)23-11-5-9-17(23)20(24)26/h4-5,8-11,13-15H,3,6-7,12H2,1-2H3,(H,22,25)/t13-,14-,15-/m1/s1. The van der Waals surface area contributed by atoms with Crippen LogP contribution in [0, 0.1) is 11.8 Å². The van der Waals surface area contributed by atoms with Crippen LogP contribution in [0.15, 0.2) is 41.5 Å². The van der Waals surface area contributed by atoms with E-state index in [1.807, 2.05) is 28.8 Å². The lowest BCUT2D eigenvalue weighted by molar-refractivity contribution is -0.123. The van der Waals surface area contributed by atoms with Crippen molar-refractivity contribution in [3.8, 4) is 0 Å². The third-order valence-corrected chi connectivity index (χ3v) is 5.85. The van der Waals surface area contributed by atoms with Crippen LogP contribution in [0.25, 0.3) is 16.7 Å². The number of rotatable bonds is 3. The van der Waals surface area contributed by atoms with Crippen molar-refractivity contribution in [3.63, 3.8) is 0 Å². The van der Waals surface area contributed by atoms with Gasteiger partial charge in [0.15, 0.2) is 5.65 Å². The summed E-state index contributed by atoms with van der Waals surface area (Å²) >= 11 is 0. The van der Waals surface area contributed by atoms with Gasteiger partial charge in [0.2, 0.25) is 5.91 Å². The molecule has 0 aromatic carbocycles. The van der Waals surface area contributed by atoms with E-state index in [1.54, 1.807) is 12.3 Å². The van der Waals surface area contributed by atoms with Gasteiger partial charge >= 0.3 is 0 Å². The second-order valence-corrected chi connectivity index (χ2v) is 7.44. The highest BCUT2D eigenvalue weighted by atomic mass is 16.2. The minimum absolute atomic E-state index is 0.00831. The summed E-state index contributed by atoms with van der Waals surface area (Å²) in [6.07, 6.45) is 6.85. The summed E-state index contributed by atoms with van der Waals surface area (Å²) in [5, 5.41) is 3.15. The summed E-state index contributed by atoms with van der Waals surface area (Å²) < 4.78 is 3.31. The molecule has 0 saturated heterocycles. The first-order valence-corrected chi connectivity index (χ1v) is 9.30. The summed E-state index contributed by atoms with van der Waals surface area (Å²) in [6.45, 7) is 4.43. The highest BCUT2D eigenvalue weighted by molar-refractivity contribution is 5.80. The summed E-state index contributed by atoms with van der Waals surface area (Å²) in [6, 6.07) is 7.53. The third kappa shape index (κ3) is 2.79. The summed E-state index contributed by atoms with van der Waals surface area (Å²) in [7, 11) is 0. The lowest BCUT2D eigenvalue weighted by atomic mass is 9.78. The molecule has 1 aliphatic carbocycles. The fourth-order valence-electron chi connectivity index (χ4n) is 4.11. The maximum Gasteiger partial charge on any atom is 0.276 e. The Balaban J connectivity index is 1.67. The van der Waals surface area contributed by atoms with E-state index in [1.165, 1.54) is 11.0 Å². The van der Waals surface area contributed by atoms with Gasteiger partial charge in [-0.15, -0.1) is 0 Å². The number of fused-ring (bicyclic) bond motifs is 3. The van der Waals surface area contributed by atoms with E-state index in [4.69, 9.17) is 0 Å². The van der Waals surface area contributed by atoms with Crippen LogP contribution in [-0.4, -0.2) is 25.9 Å². The van der Waals surface area contributed by atoms with E-state index >= 15 is 0 Å². The van der Waals surface area contributed by atoms with Gasteiger partial charge in [0.1, 0.15) is 12.1 Å². The zero-order chi connectivity index (χ0) is 18.3. The first-order valence-electron chi connectivity index (χ1n) is 9.30. The molecule has 0 spiro atoms. The highest BCUT2D eigenvalue weighted by Crippen LogP contribution is 2.29. The van der Waals surface area contributed by atoms with Crippen LogP contribution >= 0.6 is 0 Å². The topological polar surface area (TPSA) is 68.4 Å². The Morgan fingerprint density at radius 3 is 2.88 bits per heavy atom. The normalized spacial score (nSPS) is 23.4. The van der Waals surface area contributed by atoms with Crippen molar-refractivity contribution in [1.82, 2.24) is 19.3 Å². The molecule has 1 aliphatic rings. The Hall–Kier alpha value is -2.63. The molecule has 3 atom stereocenters. The fourth-order valence-corrected chi connectivity index (χ4v) is 4.11. The largest absolute Gasteiger partial charge is 0.352 e. The van der Waals surface area contributed by atoms with Gasteiger partial charge < -0.3 is 9.72 Å². The van der Waals surface area contributed by atoms with Crippen LogP contribution < -0.4 is 10.9 Å². The number of hydrogen-bond acceptors (Lipinski definition) is 3. The molecule has 6 nitrogen and oxygen atoms in total. The molecule has 0 radical (unpaired) electrons. The predicted molar refractivity (Wildman–Crippen MR) is 101 cm³/mol. The lowest BCUT2D eigenvalue weighted by Gasteiger charge is -2.34. The van der Waals surface area contributed by atoms with Crippen LogP contribution in [0.1, 0.15) is 33.1 Å². The molecule has 3 heterocycles. The molecule has 1 saturated carbocycles. The maximum absolute atomic E-state index is 12.9. The molecular formula is C20H24N4O2. The SMILES string of the molecule is C[C@@H]1[C@H](C)CCC[C@H]1NC(=O)Cn1c(=O)c2cccn2c2cccnc21. The molecule has 26 heavy (non-hydrogen) atoms. The number of pyridine rings is 1. The van der Waals surface area contributed by atoms with Gasteiger partial charge in [-0.3, -0.25) is 14.2 Å². The number of aromatic nitrogens is 3. The van der Waals surface area contributed by atoms with Crippen LogP contribution in [0.2, 0.25) is 0 Å². The van der Waals surface area contributed by atoms with Gasteiger partial charge in [0.05, 0.1) is 5.52 Å². The first kappa shape index (κ1) is 16.8. The van der Waals surface area contributed by atoms with Crippen LogP contribution in [0.3, 0.4) is 0 Å². The number of carbonyl (C=O) groups excluding carboxylic acids is 1. The molecule has 136 valence electrons. The summed E-state index contributed by atoms with van der Waals surface area (Å²) in [5.41, 5.74) is 1.71. The summed E-state index contributed by atoms with van der Waals surface area (Å²) in [4.78, 5) is 29.9. The van der Waals surface area contributed by atoms with Crippen molar-refractivity contribution in [2.24, 2.45) is 11.8 Å². The van der Waals surface area contributed by atoms with E-state index in [2.05, 4.69) is 24.1 Å². The van der Waals surface area contributed by atoms with Crippen LogP contribution in [0.5, 0.6) is 0 Å².